The number of imide groups is 1. The Balaban J connectivity index is 1.18. The van der Waals surface area contributed by atoms with Crippen molar-refractivity contribution in [1.82, 2.24) is 4.90 Å². The monoisotopic (exact) mass is 477 g/mol. The Morgan fingerprint density at radius 3 is 2.06 bits per heavy atom. The molecule has 3 aromatic rings. The SMILES string of the molecule is O=C1c2ccccc2C(=O)N1CCCCCCOc1cccc(-c2ccccc2Br)c1. The Labute approximate surface area is 191 Å². The number of ether oxygens (including phenoxy) is 1. The highest BCUT2D eigenvalue weighted by atomic mass is 79.9. The van der Waals surface area contributed by atoms with Crippen LogP contribution in [0.2, 0.25) is 0 Å². The summed E-state index contributed by atoms with van der Waals surface area (Å²) < 4.78 is 6.99. The summed E-state index contributed by atoms with van der Waals surface area (Å²) in [6.45, 7) is 1.12. The van der Waals surface area contributed by atoms with Crippen LogP contribution in [0.25, 0.3) is 11.1 Å². The zero-order valence-electron chi connectivity index (χ0n) is 17.2. The van der Waals surface area contributed by atoms with Crippen molar-refractivity contribution in [3.05, 3.63) is 88.4 Å². The predicted octanol–water partition coefficient (Wildman–Crippen LogP) is 6.35. The first kappa shape index (κ1) is 21.3. The summed E-state index contributed by atoms with van der Waals surface area (Å²) in [6, 6.07) is 23.3. The van der Waals surface area contributed by atoms with Gasteiger partial charge in [-0.3, -0.25) is 14.5 Å². The number of unbranched alkanes of at least 4 members (excludes halogenated alkanes) is 3. The molecule has 1 aliphatic heterocycles. The second-order valence-electron chi connectivity index (χ2n) is 7.58. The average molecular weight is 478 g/mol. The van der Waals surface area contributed by atoms with E-state index in [-0.39, 0.29) is 11.8 Å². The molecule has 4 nitrogen and oxygen atoms in total. The molecular weight excluding hydrogens is 454 g/mol. The molecule has 3 aromatic carbocycles. The van der Waals surface area contributed by atoms with Gasteiger partial charge in [0.05, 0.1) is 17.7 Å². The molecule has 31 heavy (non-hydrogen) atoms. The predicted molar refractivity (Wildman–Crippen MR) is 125 cm³/mol. The van der Waals surface area contributed by atoms with Gasteiger partial charge in [0.2, 0.25) is 0 Å². The van der Waals surface area contributed by atoms with E-state index in [1.54, 1.807) is 24.3 Å². The Kier molecular flexibility index (Phi) is 6.82. The number of rotatable bonds is 9. The van der Waals surface area contributed by atoms with Crippen molar-refractivity contribution in [3.63, 3.8) is 0 Å². The number of hydrogen-bond acceptors (Lipinski definition) is 3. The first-order valence-electron chi connectivity index (χ1n) is 10.6. The molecule has 0 aromatic heterocycles. The third kappa shape index (κ3) is 4.88. The van der Waals surface area contributed by atoms with Crippen LogP contribution in [0.4, 0.5) is 0 Å². The molecule has 4 rings (SSSR count). The lowest BCUT2D eigenvalue weighted by Crippen LogP contribution is -2.30. The third-order valence-electron chi connectivity index (χ3n) is 5.44. The molecule has 0 aliphatic carbocycles. The van der Waals surface area contributed by atoms with E-state index in [0.29, 0.717) is 24.3 Å². The van der Waals surface area contributed by atoms with Crippen LogP contribution in [0.15, 0.2) is 77.3 Å². The molecule has 0 fully saturated rings. The van der Waals surface area contributed by atoms with E-state index in [2.05, 4.69) is 34.1 Å². The van der Waals surface area contributed by atoms with Gasteiger partial charge in [0.1, 0.15) is 5.75 Å². The Morgan fingerprint density at radius 2 is 1.35 bits per heavy atom. The number of hydrogen-bond donors (Lipinski definition) is 0. The van der Waals surface area contributed by atoms with Crippen LogP contribution in [-0.4, -0.2) is 29.9 Å². The fourth-order valence-electron chi connectivity index (χ4n) is 3.81. The number of halogens is 1. The standard InChI is InChI=1S/C26H24BrNO3/c27-24-15-6-5-12-21(24)19-10-9-11-20(18-19)31-17-8-2-1-7-16-28-25(29)22-13-3-4-14-23(22)26(28)30/h3-6,9-15,18H,1-2,7-8,16-17H2. The second-order valence-corrected chi connectivity index (χ2v) is 8.43. The molecule has 1 heterocycles. The van der Waals surface area contributed by atoms with Gasteiger partial charge < -0.3 is 4.74 Å². The maximum atomic E-state index is 12.4. The maximum absolute atomic E-state index is 12.4. The lowest BCUT2D eigenvalue weighted by molar-refractivity contribution is 0.0651. The van der Waals surface area contributed by atoms with E-state index >= 15 is 0 Å². The Bertz CT molecular complexity index is 1060. The van der Waals surface area contributed by atoms with E-state index in [4.69, 9.17) is 4.74 Å². The molecule has 5 heteroatoms. The fraction of sp³-hybridized carbons (Fsp3) is 0.231. The van der Waals surface area contributed by atoms with Crippen LogP contribution in [-0.2, 0) is 0 Å². The summed E-state index contributed by atoms with van der Waals surface area (Å²) in [4.78, 5) is 26.1. The summed E-state index contributed by atoms with van der Waals surface area (Å²) >= 11 is 3.60. The summed E-state index contributed by atoms with van der Waals surface area (Å²) in [5.74, 6) is 0.516. The van der Waals surface area contributed by atoms with Crippen LogP contribution >= 0.6 is 15.9 Å². The van der Waals surface area contributed by atoms with Crippen LogP contribution in [0.5, 0.6) is 5.75 Å². The Morgan fingerprint density at radius 1 is 0.710 bits per heavy atom. The lowest BCUT2D eigenvalue weighted by Gasteiger charge is -2.13. The first-order chi connectivity index (χ1) is 15.1. The van der Waals surface area contributed by atoms with Gasteiger partial charge in [-0.25, -0.2) is 0 Å². The van der Waals surface area contributed by atoms with E-state index < -0.39 is 0 Å². The van der Waals surface area contributed by atoms with E-state index in [1.807, 2.05) is 30.3 Å². The van der Waals surface area contributed by atoms with Gasteiger partial charge in [-0.05, 0) is 54.3 Å². The minimum atomic E-state index is -0.172. The summed E-state index contributed by atoms with van der Waals surface area (Å²) in [5.41, 5.74) is 3.29. The van der Waals surface area contributed by atoms with Gasteiger partial charge in [0.15, 0.2) is 0 Å². The fourth-order valence-corrected chi connectivity index (χ4v) is 4.32. The van der Waals surface area contributed by atoms with Crippen molar-refractivity contribution in [1.29, 1.82) is 0 Å². The zero-order valence-corrected chi connectivity index (χ0v) is 18.8. The maximum Gasteiger partial charge on any atom is 0.261 e. The molecule has 0 saturated heterocycles. The quantitative estimate of drug-likeness (QED) is 0.266. The molecule has 2 amide bonds. The van der Waals surface area contributed by atoms with Gasteiger partial charge in [0, 0.05) is 11.0 Å². The molecule has 0 radical (unpaired) electrons. The molecule has 158 valence electrons. The first-order valence-corrected chi connectivity index (χ1v) is 11.4. The number of carbonyl (C=O) groups is 2. The van der Waals surface area contributed by atoms with Crippen molar-refractivity contribution < 1.29 is 14.3 Å². The molecule has 0 bridgehead atoms. The van der Waals surface area contributed by atoms with Crippen molar-refractivity contribution in [2.24, 2.45) is 0 Å². The third-order valence-corrected chi connectivity index (χ3v) is 6.13. The molecule has 0 saturated carbocycles. The largest absolute Gasteiger partial charge is 0.494 e. The van der Waals surface area contributed by atoms with Gasteiger partial charge in [0.25, 0.3) is 11.8 Å². The summed E-state index contributed by atoms with van der Waals surface area (Å²) in [5, 5.41) is 0. The van der Waals surface area contributed by atoms with Gasteiger partial charge >= 0.3 is 0 Å². The zero-order chi connectivity index (χ0) is 21.6. The van der Waals surface area contributed by atoms with Crippen LogP contribution in [0.1, 0.15) is 46.4 Å². The number of amides is 2. The van der Waals surface area contributed by atoms with E-state index in [0.717, 1.165) is 47.0 Å². The van der Waals surface area contributed by atoms with E-state index in [1.165, 1.54) is 4.90 Å². The van der Waals surface area contributed by atoms with Gasteiger partial charge in [-0.1, -0.05) is 71.2 Å². The number of nitrogens with zero attached hydrogens (tertiary/aromatic N) is 1. The van der Waals surface area contributed by atoms with Crippen LogP contribution < -0.4 is 4.74 Å². The highest BCUT2D eigenvalue weighted by Crippen LogP contribution is 2.30. The highest BCUT2D eigenvalue weighted by Gasteiger charge is 2.34. The van der Waals surface area contributed by atoms with Crippen LogP contribution in [0.3, 0.4) is 0 Å². The smallest absolute Gasteiger partial charge is 0.261 e. The molecular formula is C26H24BrNO3. The van der Waals surface area contributed by atoms with Crippen molar-refractivity contribution in [2.45, 2.75) is 25.7 Å². The van der Waals surface area contributed by atoms with E-state index in [9.17, 15) is 9.59 Å². The normalized spacial score (nSPS) is 12.9. The Hall–Kier alpha value is -2.92. The van der Waals surface area contributed by atoms with Crippen molar-refractivity contribution in [3.8, 4) is 16.9 Å². The lowest BCUT2D eigenvalue weighted by atomic mass is 10.1. The van der Waals surface area contributed by atoms with Crippen LogP contribution in [0, 0.1) is 0 Å². The van der Waals surface area contributed by atoms with Gasteiger partial charge in [-0.15, -0.1) is 0 Å². The minimum Gasteiger partial charge on any atom is -0.494 e. The molecule has 0 atom stereocenters. The molecule has 0 unspecified atom stereocenters. The molecule has 1 aliphatic rings. The molecule has 0 spiro atoms. The minimum absolute atomic E-state index is 0.172. The van der Waals surface area contributed by atoms with Gasteiger partial charge in [-0.2, -0.15) is 0 Å². The van der Waals surface area contributed by atoms with Crippen molar-refractivity contribution in [2.75, 3.05) is 13.2 Å². The average Bonchev–Trinajstić information content (AvgIpc) is 3.04. The highest BCUT2D eigenvalue weighted by molar-refractivity contribution is 9.10. The summed E-state index contributed by atoms with van der Waals surface area (Å²) in [6.07, 6.45) is 3.69. The number of fused-ring (bicyclic) bond motifs is 1. The van der Waals surface area contributed by atoms with Crippen molar-refractivity contribution >= 4 is 27.7 Å². The molecule has 0 N–H and O–H groups in total. The summed E-state index contributed by atoms with van der Waals surface area (Å²) in [7, 11) is 0. The second kappa shape index (κ2) is 9.92. The number of carbonyl (C=O) groups excluding carboxylic acids is 2. The number of benzene rings is 3. The topological polar surface area (TPSA) is 46.6 Å².